The fourth-order valence-electron chi connectivity index (χ4n) is 4.54. The summed E-state index contributed by atoms with van der Waals surface area (Å²) in [4.78, 5) is 38.2. The normalized spacial score (nSPS) is 22.2. The second kappa shape index (κ2) is 8.61. The Labute approximate surface area is 192 Å². The summed E-state index contributed by atoms with van der Waals surface area (Å²) in [7, 11) is 0. The van der Waals surface area contributed by atoms with Crippen LogP contribution in [-0.2, 0) is 14.3 Å². The smallest absolute Gasteiger partial charge is 0.480 e. The minimum Gasteiger partial charge on any atom is -0.480 e. The monoisotopic (exact) mass is 453 g/mol. The number of nitrogens with zero attached hydrogens (tertiary/aromatic N) is 1. The molecule has 1 heterocycles. The Morgan fingerprint density at radius 1 is 1.00 bits per heavy atom. The van der Waals surface area contributed by atoms with E-state index in [1.54, 1.807) is 20.8 Å². The van der Waals surface area contributed by atoms with Crippen LogP contribution in [0.15, 0.2) is 48.5 Å². The Kier molecular flexibility index (Phi) is 5.99. The molecule has 33 heavy (non-hydrogen) atoms. The third-order valence-corrected chi connectivity index (χ3v) is 6.11. The predicted molar refractivity (Wildman–Crippen MR) is 121 cm³/mol. The largest absolute Gasteiger partial charge is 0.527 e. The quantitative estimate of drug-likeness (QED) is 0.683. The number of imide groups is 1. The SMILES string of the molecule is CC(C)(C)OC(=O)[N+]1(C(=O)OCC2c3ccccc3-c3ccccc32)CCNC(C(=O)O)C1. The molecule has 2 aromatic rings. The van der Waals surface area contributed by atoms with Gasteiger partial charge in [0.25, 0.3) is 0 Å². The van der Waals surface area contributed by atoms with Crippen molar-refractivity contribution >= 4 is 18.2 Å². The summed E-state index contributed by atoms with van der Waals surface area (Å²) in [5, 5.41) is 12.3. The number of carboxylic acid groups (broad SMARTS) is 1. The molecule has 4 rings (SSSR count). The molecule has 1 fully saturated rings. The molecule has 8 heteroatoms. The van der Waals surface area contributed by atoms with E-state index in [0.717, 1.165) is 22.3 Å². The molecule has 174 valence electrons. The molecule has 1 aliphatic heterocycles. The molecule has 0 radical (unpaired) electrons. The summed E-state index contributed by atoms with van der Waals surface area (Å²) in [5.74, 6) is -1.30. The van der Waals surface area contributed by atoms with E-state index in [2.05, 4.69) is 5.32 Å². The van der Waals surface area contributed by atoms with E-state index >= 15 is 0 Å². The third kappa shape index (κ3) is 4.36. The van der Waals surface area contributed by atoms with E-state index in [4.69, 9.17) is 9.47 Å². The Hall–Kier alpha value is -3.23. The van der Waals surface area contributed by atoms with Crippen LogP contribution in [-0.4, -0.2) is 65.6 Å². The van der Waals surface area contributed by atoms with E-state index in [0.29, 0.717) is 0 Å². The van der Waals surface area contributed by atoms with Crippen LogP contribution in [0, 0.1) is 0 Å². The number of ether oxygens (including phenoxy) is 2. The molecule has 8 nitrogen and oxygen atoms in total. The maximum absolute atomic E-state index is 13.4. The lowest BCUT2D eigenvalue weighted by molar-refractivity contribution is -0.791. The number of aliphatic carboxylic acids is 1. The van der Waals surface area contributed by atoms with Crippen LogP contribution in [0.5, 0.6) is 0 Å². The van der Waals surface area contributed by atoms with Gasteiger partial charge in [-0.2, -0.15) is 9.59 Å². The lowest BCUT2D eigenvalue weighted by Crippen LogP contribution is -2.69. The maximum Gasteiger partial charge on any atom is 0.527 e. The highest BCUT2D eigenvalue weighted by atomic mass is 16.6. The standard InChI is InChI=1S/C25H28N2O6/c1-25(2,3)33-24(31)27(13-12-26-21(14-27)22(28)29)23(30)32-15-20-18-10-6-4-8-16(18)17-9-5-7-11-19(17)20/h4-11,20-21,26H,12-15H2,1-3H3/p+1. The van der Waals surface area contributed by atoms with Crippen molar-refractivity contribution in [2.24, 2.45) is 0 Å². The molecule has 1 saturated heterocycles. The Balaban J connectivity index is 1.60. The number of piperazine rings is 1. The first-order valence-electron chi connectivity index (χ1n) is 11.0. The predicted octanol–water partition coefficient (Wildman–Crippen LogP) is 3.74. The summed E-state index contributed by atoms with van der Waals surface area (Å²) in [6.45, 7) is 5.10. The molecule has 2 aliphatic rings. The van der Waals surface area contributed by atoms with Gasteiger partial charge in [-0.15, -0.1) is 4.48 Å². The van der Waals surface area contributed by atoms with Crippen molar-refractivity contribution in [3.8, 4) is 11.1 Å². The van der Waals surface area contributed by atoms with Crippen molar-refractivity contribution < 1.29 is 33.4 Å². The topological polar surface area (TPSA) is 102 Å². The molecule has 1 aliphatic carbocycles. The van der Waals surface area contributed by atoms with Crippen LogP contribution in [0.2, 0.25) is 0 Å². The zero-order valence-corrected chi connectivity index (χ0v) is 19.0. The maximum atomic E-state index is 13.4. The molecule has 2 unspecified atom stereocenters. The van der Waals surface area contributed by atoms with Gasteiger partial charge in [-0.3, -0.25) is 10.1 Å². The molecule has 0 aromatic heterocycles. The molecule has 0 bridgehead atoms. The van der Waals surface area contributed by atoms with Gasteiger partial charge in [0.15, 0.2) is 6.04 Å². The highest BCUT2D eigenvalue weighted by Crippen LogP contribution is 2.44. The zero-order chi connectivity index (χ0) is 23.8. The number of nitrogens with one attached hydrogen (secondary N) is 1. The van der Waals surface area contributed by atoms with Gasteiger partial charge < -0.3 is 14.6 Å². The number of benzene rings is 2. The fourth-order valence-corrected chi connectivity index (χ4v) is 4.54. The van der Waals surface area contributed by atoms with Gasteiger partial charge in [-0.25, -0.2) is 0 Å². The molecule has 2 atom stereocenters. The first kappa shape index (κ1) is 22.9. The van der Waals surface area contributed by atoms with Crippen molar-refractivity contribution in [3.63, 3.8) is 0 Å². The third-order valence-electron chi connectivity index (χ3n) is 6.11. The van der Waals surface area contributed by atoms with Gasteiger partial charge >= 0.3 is 18.2 Å². The molecule has 2 amide bonds. The molecular formula is C25H29N2O6+. The number of amides is 2. The summed E-state index contributed by atoms with van der Waals surface area (Å²) >= 11 is 0. The van der Waals surface area contributed by atoms with E-state index in [-0.39, 0.29) is 32.2 Å². The number of hydrogen-bond acceptors (Lipinski definition) is 6. The highest BCUT2D eigenvalue weighted by Gasteiger charge is 2.54. The van der Waals surface area contributed by atoms with E-state index in [1.807, 2.05) is 48.5 Å². The molecule has 2 N–H and O–H groups in total. The average Bonchev–Trinajstić information content (AvgIpc) is 3.10. The van der Waals surface area contributed by atoms with Crippen LogP contribution in [0.25, 0.3) is 11.1 Å². The van der Waals surface area contributed by atoms with Crippen molar-refractivity contribution in [1.82, 2.24) is 5.32 Å². The van der Waals surface area contributed by atoms with E-state index in [9.17, 15) is 19.5 Å². The Morgan fingerprint density at radius 3 is 2.12 bits per heavy atom. The van der Waals surface area contributed by atoms with Gasteiger partial charge in [0.1, 0.15) is 25.3 Å². The van der Waals surface area contributed by atoms with Gasteiger partial charge in [-0.05, 0) is 43.0 Å². The van der Waals surface area contributed by atoms with Crippen LogP contribution in [0.1, 0.15) is 37.8 Å². The number of carbonyl (C=O) groups excluding carboxylic acids is 2. The van der Waals surface area contributed by atoms with Crippen molar-refractivity contribution in [3.05, 3.63) is 59.7 Å². The lowest BCUT2D eigenvalue weighted by atomic mass is 9.98. The lowest BCUT2D eigenvalue weighted by Gasteiger charge is -2.37. The fraction of sp³-hybridized carbons (Fsp3) is 0.400. The minimum atomic E-state index is -1.13. The number of carboxylic acids is 1. The van der Waals surface area contributed by atoms with Crippen molar-refractivity contribution in [1.29, 1.82) is 0 Å². The number of fused-ring (bicyclic) bond motifs is 3. The zero-order valence-electron chi connectivity index (χ0n) is 19.0. The first-order chi connectivity index (χ1) is 15.6. The molecule has 0 saturated carbocycles. The average molecular weight is 454 g/mol. The molecular weight excluding hydrogens is 424 g/mol. The van der Waals surface area contributed by atoms with Crippen LogP contribution < -0.4 is 5.32 Å². The van der Waals surface area contributed by atoms with Crippen molar-refractivity contribution in [2.45, 2.75) is 38.3 Å². The number of quaternary nitrogens is 1. The van der Waals surface area contributed by atoms with Gasteiger partial charge in [0.05, 0.1) is 0 Å². The number of carbonyl (C=O) groups is 3. The van der Waals surface area contributed by atoms with Crippen LogP contribution in [0.3, 0.4) is 0 Å². The van der Waals surface area contributed by atoms with Gasteiger partial charge in [0, 0.05) is 12.5 Å². The summed E-state index contributed by atoms with van der Waals surface area (Å²) in [6, 6.07) is 14.9. The number of rotatable bonds is 3. The van der Waals surface area contributed by atoms with Gasteiger partial charge in [-0.1, -0.05) is 48.5 Å². The Morgan fingerprint density at radius 2 is 1.58 bits per heavy atom. The van der Waals surface area contributed by atoms with Crippen LogP contribution >= 0.6 is 0 Å². The number of hydrogen-bond donors (Lipinski definition) is 2. The molecule has 0 spiro atoms. The van der Waals surface area contributed by atoms with Crippen LogP contribution in [0.4, 0.5) is 9.59 Å². The summed E-state index contributed by atoms with van der Waals surface area (Å²) in [6.07, 6.45) is -1.59. The van der Waals surface area contributed by atoms with E-state index in [1.165, 1.54) is 0 Å². The highest BCUT2D eigenvalue weighted by molar-refractivity contribution is 5.81. The molecule has 2 aromatic carbocycles. The van der Waals surface area contributed by atoms with Gasteiger partial charge in [0.2, 0.25) is 0 Å². The summed E-state index contributed by atoms with van der Waals surface area (Å²) in [5.41, 5.74) is 3.46. The first-order valence-corrected chi connectivity index (χ1v) is 11.0. The minimum absolute atomic E-state index is 0.0425. The summed E-state index contributed by atoms with van der Waals surface area (Å²) < 4.78 is 10.5. The Bertz CT molecular complexity index is 1050. The van der Waals surface area contributed by atoms with Crippen molar-refractivity contribution in [2.75, 3.05) is 26.2 Å². The van der Waals surface area contributed by atoms with E-state index < -0.39 is 34.3 Å². The second-order valence-electron chi connectivity index (χ2n) is 9.50. The second-order valence-corrected chi connectivity index (χ2v) is 9.50.